The van der Waals surface area contributed by atoms with Crippen molar-refractivity contribution < 1.29 is 24.0 Å². The van der Waals surface area contributed by atoms with E-state index in [1.165, 1.54) is 11.1 Å². The first-order valence-electron chi connectivity index (χ1n) is 35.5. The van der Waals surface area contributed by atoms with Gasteiger partial charge in [0, 0.05) is 105 Å². The Hall–Kier alpha value is -11.1. The summed E-state index contributed by atoms with van der Waals surface area (Å²) in [6.45, 7) is 5.55. The minimum absolute atomic E-state index is 0. The maximum absolute atomic E-state index is 12.8. The third-order valence-electron chi connectivity index (χ3n) is 18.2. The van der Waals surface area contributed by atoms with Gasteiger partial charge in [-0.25, -0.2) is 9.97 Å². The zero-order valence-electron chi connectivity index (χ0n) is 60.0. The van der Waals surface area contributed by atoms with Gasteiger partial charge in [-0.05, 0) is 199 Å². The Morgan fingerprint density at radius 1 is 0.462 bits per heavy atom. The van der Waals surface area contributed by atoms with E-state index in [4.69, 9.17) is 32.8 Å². The van der Waals surface area contributed by atoms with Gasteiger partial charge < -0.3 is 45.4 Å². The van der Waals surface area contributed by atoms with Crippen LogP contribution in [0.4, 0.5) is 11.4 Å². The van der Waals surface area contributed by atoms with Gasteiger partial charge in [0.1, 0.15) is 17.9 Å². The molecule has 2 aliphatic rings. The number of hydrogen-bond donors (Lipinski definition) is 5. The van der Waals surface area contributed by atoms with Gasteiger partial charge in [-0.3, -0.25) is 29.2 Å². The molecule has 10 aromatic rings. The number of aromatic nitrogens is 4. The number of terminal acetylenes is 2. The van der Waals surface area contributed by atoms with Crippen molar-refractivity contribution in [2.45, 2.75) is 84.5 Å². The quantitative estimate of drug-likeness (QED) is 0.0119. The van der Waals surface area contributed by atoms with Gasteiger partial charge in [-0.15, -0.1) is 24.7 Å². The SMILES string of the molecule is C.C#CCCCC=O.C#CCCCCN(C)CCCC(=O)c1ccc(-c2nc3ccc(-c4ccc5c(c4)N=C(c4ccc(C(=O)NCCN(C)C)cc4)C5)cc3[nH]2)cc1.CNCCCC(=O)c1ccc(-c2nc3ccc(-c4ccc5c(c4)N=C(c4ccc(C(=O)NCCN(C)C)cc4)C5)cc3[nH]2)cc1. The molecule has 0 saturated carbocycles. The largest absolute Gasteiger partial charge is 0.351 e. The van der Waals surface area contributed by atoms with Gasteiger partial charge in [0.2, 0.25) is 0 Å². The number of rotatable bonds is 31. The molecule has 0 aliphatic carbocycles. The second-order valence-electron chi connectivity index (χ2n) is 26.6. The highest BCUT2D eigenvalue weighted by molar-refractivity contribution is 6.09. The van der Waals surface area contributed by atoms with Gasteiger partial charge >= 0.3 is 0 Å². The van der Waals surface area contributed by atoms with Crippen LogP contribution in [0.1, 0.15) is 135 Å². The first kappa shape index (κ1) is 77.1. The van der Waals surface area contributed by atoms with E-state index in [0.29, 0.717) is 43.5 Å². The standard InChI is InChI=1S/C43H46N6O2.C37H38N6O2.C6H8O.CH4/c1-5-6-7-8-24-49(4)25-9-10-41(50)31-13-15-32(16-14-31)42-46-37-22-21-35(28-40(37)47-42)34-19-20-36-29-38(45-39(36)27-34)30-11-17-33(18-12-30)43(51)44-23-26-48(2)3;1-38-18-4-5-35(44)25-8-10-26(11-9-25)36-41-31-17-16-29(22-34(31)42-36)28-14-15-30-23-32(40-33(30)21-28)24-6-12-27(13-7-24)37(45)39-19-20-43(2)3;1-2-3-4-5-6-7;/h1,11-22,27-28H,6-10,23-26,29H2,2-4H3,(H,44,51)(H,46,47);6-17,21-22,38H,4-5,18-20,23H2,1-3H3,(H,39,45)(H,41,42);1,6H,3-5H2;1H4. The highest BCUT2D eigenvalue weighted by Crippen LogP contribution is 2.37. The molecule has 2 aromatic heterocycles. The fourth-order valence-electron chi connectivity index (χ4n) is 12.2. The number of carbonyl (C=O) groups excluding carboxylic acids is 5. The third kappa shape index (κ3) is 21.3. The molecule has 17 heteroatoms. The molecule has 5 N–H and O–H groups in total. The van der Waals surface area contributed by atoms with Crippen molar-refractivity contribution in [3.8, 4) is 69.7 Å². The van der Waals surface area contributed by atoms with Crippen molar-refractivity contribution in [3.63, 3.8) is 0 Å². The maximum Gasteiger partial charge on any atom is 0.251 e. The van der Waals surface area contributed by atoms with Crippen molar-refractivity contribution in [1.82, 2.24) is 50.6 Å². The fourth-order valence-corrected chi connectivity index (χ4v) is 12.2. The summed E-state index contributed by atoms with van der Waals surface area (Å²) in [4.78, 5) is 92.7. The summed E-state index contributed by atoms with van der Waals surface area (Å²) in [7, 11) is 11.9. The number of hydrogen-bond acceptors (Lipinski definition) is 13. The summed E-state index contributed by atoms with van der Waals surface area (Å²) in [6, 6.07) is 56.2. The predicted molar refractivity (Wildman–Crippen MR) is 425 cm³/mol. The summed E-state index contributed by atoms with van der Waals surface area (Å²) in [5, 5.41) is 9.00. The lowest BCUT2D eigenvalue weighted by Crippen LogP contribution is -2.31. The zero-order chi connectivity index (χ0) is 72.6. The van der Waals surface area contributed by atoms with Crippen LogP contribution in [0.25, 0.3) is 67.1 Å². The summed E-state index contributed by atoms with van der Waals surface area (Å²) in [5.74, 6) is 6.87. The monoisotopic (exact) mass is 1390 g/mol. The molecule has 0 fully saturated rings. The van der Waals surface area contributed by atoms with E-state index in [1.54, 1.807) is 0 Å². The second kappa shape index (κ2) is 38.3. The van der Waals surface area contributed by atoms with Crippen LogP contribution in [0, 0.1) is 24.7 Å². The summed E-state index contributed by atoms with van der Waals surface area (Å²) < 4.78 is 0. The van der Waals surface area contributed by atoms with Crippen LogP contribution in [-0.4, -0.2) is 164 Å². The van der Waals surface area contributed by atoms with Crippen molar-refractivity contribution in [2.24, 2.45) is 9.98 Å². The molecule has 0 spiro atoms. The van der Waals surface area contributed by atoms with E-state index in [-0.39, 0.29) is 30.8 Å². The number of likely N-dealkylation sites (N-methyl/N-ethyl adjacent to an activating group) is 2. The topological polar surface area (TPSA) is 213 Å². The molecule has 2 amide bonds. The Morgan fingerprint density at radius 2 is 0.856 bits per heavy atom. The van der Waals surface area contributed by atoms with Crippen LogP contribution in [0.2, 0.25) is 0 Å². The summed E-state index contributed by atoms with van der Waals surface area (Å²) >= 11 is 0. The smallest absolute Gasteiger partial charge is 0.251 e. The van der Waals surface area contributed by atoms with Gasteiger partial charge in [0.05, 0.1) is 44.9 Å². The third-order valence-corrected chi connectivity index (χ3v) is 18.2. The Morgan fingerprint density at radius 3 is 1.29 bits per heavy atom. The number of imidazole rings is 2. The van der Waals surface area contributed by atoms with Crippen LogP contribution in [0.3, 0.4) is 0 Å². The first-order chi connectivity index (χ1) is 50.1. The zero-order valence-corrected chi connectivity index (χ0v) is 60.0. The van der Waals surface area contributed by atoms with Crippen molar-refractivity contribution >= 4 is 74.5 Å². The molecule has 12 rings (SSSR count). The van der Waals surface area contributed by atoms with E-state index < -0.39 is 0 Å². The predicted octanol–water partition coefficient (Wildman–Crippen LogP) is 15.2. The number of Topliss-reactive ketones (excluding diaryl/α,β-unsaturated/α-hetero) is 2. The Labute approximate surface area is 612 Å². The number of ketones is 2. The normalized spacial score (nSPS) is 11.9. The highest BCUT2D eigenvalue weighted by Gasteiger charge is 2.21. The van der Waals surface area contributed by atoms with E-state index in [1.807, 2.05) is 154 Å². The van der Waals surface area contributed by atoms with Gasteiger partial charge in [0.25, 0.3) is 11.8 Å². The number of amides is 2. The molecule has 0 unspecified atom stereocenters. The van der Waals surface area contributed by atoms with Crippen LogP contribution in [0.15, 0.2) is 180 Å². The minimum atomic E-state index is -0.0650. The average Bonchev–Trinajstić information content (AvgIpc) is 1.65. The van der Waals surface area contributed by atoms with Crippen LogP contribution >= 0.6 is 0 Å². The number of aromatic amines is 2. The molecule has 104 heavy (non-hydrogen) atoms. The number of nitrogens with one attached hydrogen (secondary N) is 5. The van der Waals surface area contributed by atoms with Crippen molar-refractivity contribution in [3.05, 3.63) is 214 Å². The molecular formula is C87H96N12O5. The lowest BCUT2D eigenvalue weighted by atomic mass is 9.99. The number of benzene rings is 8. The van der Waals surface area contributed by atoms with Gasteiger partial charge in [0.15, 0.2) is 11.6 Å². The van der Waals surface area contributed by atoms with Crippen LogP contribution in [0.5, 0.6) is 0 Å². The molecule has 0 atom stereocenters. The Kier molecular flexibility index (Phi) is 28.4. The second-order valence-corrected chi connectivity index (χ2v) is 26.6. The number of H-pyrrole nitrogens is 2. The summed E-state index contributed by atoms with van der Waals surface area (Å²) in [6.07, 6.45) is 20.5. The van der Waals surface area contributed by atoms with Crippen molar-refractivity contribution in [2.75, 3.05) is 88.1 Å². The number of fused-ring (bicyclic) bond motifs is 4. The molecule has 17 nitrogen and oxygen atoms in total. The van der Waals surface area contributed by atoms with Gasteiger partial charge in [-0.2, -0.15) is 0 Å². The number of carbonyl (C=O) groups is 5. The van der Waals surface area contributed by atoms with E-state index in [9.17, 15) is 24.0 Å². The molecular weight excluding hydrogens is 1290 g/mol. The molecule has 0 bridgehead atoms. The number of aldehydes is 1. The lowest BCUT2D eigenvalue weighted by molar-refractivity contribution is -0.107. The van der Waals surface area contributed by atoms with Crippen molar-refractivity contribution in [1.29, 1.82) is 0 Å². The highest BCUT2D eigenvalue weighted by atomic mass is 16.2. The summed E-state index contributed by atoms with van der Waals surface area (Å²) in [5.41, 5.74) is 21.0. The van der Waals surface area contributed by atoms with E-state index in [2.05, 4.69) is 110 Å². The molecule has 534 valence electrons. The molecule has 2 aliphatic heterocycles. The van der Waals surface area contributed by atoms with E-state index >= 15 is 0 Å². The Balaban J connectivity index is 0.000000220. The van der Waals surface area contributed by atoms with Crippen LogP contribution in [-0.2, 0) is 17.6 Å². The Bertz CT molecular complexity index is 4740. The molecule has 0 radical (unpaired) electrons. The average molecular weight is 1390 g/mol. The number of nitrogens with zero attached hydrogens (tertiary/aromatic N) is 7. The first-order valence-corrected chi connectivity index (χ1v) is 35.5. The number of unbranched alkanes of at least 4 members (excludes halogenated alkanes) is 4. The molecule has 0 saturated heterocycles. The maximum atomic E-state index is 12.8. The molecule has 4 heterocycles. The molecule has 8 aromatic carbocycles. The van der Waals surface area contributed by atoms with E-state index in [0.717, 1.165) is 209 Å². The lowest BCUT2D eigenvalue weighted by Gasteiger charge is -2.15. The fraction of sp³-hybridized carbons (Fsp3) is 0.299. The van der Waals surface area contributed by atoms with Crippen LogP contribution < -0.4 is 16.0 Å². The van der Waals surface area contributed by atoms with Gasteiger partial charge in [-0.1, -0.05) is 117 Å². The minimum Gasteiger partial charge on any atom is -0.351 e. The number of aliphatic imine (C=N–C) groups is 2.